The van der Waals surface area contributed by atoms with Gasteiger partial charge < -0.3 is 37.0 Å². The van der Waals surface area contributed by atoms with E-state index < -0.39 is 81.4 Å². The zero-order valence-corrected chi connectivity index (χ0v) is 19.2. The number of amides is 1. The number of nitrogens with two attached hydrogens (primary N) is 2. The van der Waals surface area contributed by atoms with Crippen LogP contribution in [0.25, 0.3) is 5.76 Å². The number of Topliss-reactive ketones (excluding diaryl/α,β-unsaturated/α-hetero) is 2. The van der Waals surface area contributed by atoms with Gasteiger partial charge in [-0.15, -0.1) is 0 Å². The van der Waals surface area contributed by atoms with Crippen molar-refractivity contribution in [3.63, 3.8) is 0 Å². The fraction of sp³-hybridized carbons (Fsp3) is 0.409. The van der Waals surface area contributed by atoms with Gasteiger partial charge in [-0.05, 0) is 31.6 Å². The standard InChI is InChI=1S/C22H24ClN3O8/c1-5-6-4-7(23)13(24)17(29)9(6)15(27)10-8(5)16(28)12-14(26(2)3)18(30)11(21(25)33)20(32)22(12,34)19(10)31/h4-5,8,12,14,16,27-29,32,34H,24H2,1-3H3,(H2,25,33)/t5-,8+,12+,14-,16-,22-/m0/s1. The number of primary amides is 1. The van der Waals surface area contributed by atoms with Crippen LogP contribution in [-0.2, 0) is 14.4 Å². The summed E-state index contributed by atoms with van der Waals surface area (Å²) >= 11 is 6.10. The van der Waals surface area contributed by atoms with Crippen molar-refractivity contribution in [3.05, 3.63) is 39.1 Å². The number of carbonyl (C=O) groups is 3. The summed E-state index contributed by atoms with van der Waals surface area (Å²) in [6, 6.07) is -0.0253. The third-order valence-corrected chi connectivity index (χ3v) is 7.55. The number of nitrogen functional groups attached to an aromatic ring is 1. The van der Waals surface area contributed by atoms with Crippen molar-refractivity contribution in [1.29, 1.82) is 0 Å². The van der Waals surface area contributed by atoms with Gasteiger partial charge in [0.2, 0.25) is 5.78 Å². The molecule has 1 aromatic rings. The van der Waals surface area contributed by atoms with Gasteiger partial charge in [0.05, 0.1) is 34.3 Å². The lowest BCUT2D eigenvalue weighted by molar-refractivity contribution is -0.169. The number of aliphatic hydroxyl groups excluding tert-OH is 3. The molecule has 0 radical (unpaired) electrons. The highest BCUT2D eigenvalue weighted by Gasteiger charge is 2.68. The lowest BCUT2D eigenvalue weighted by atomic mass is 9.54. The van der Waals surface area contributed by atoms with Crippen LogP contribution >= 0.6 is 11.6 Å². The number of anilines is 1. The summed E-state index contributed by atoms with van der Waals surface area (Å²) < 4.78 is 0. The third kappa shape index (κ3) is 2.72. The monoisotopic (exact) mass is 493 g/mol. The number of hydrogen-bond donors (Lipinski definition) is 7. The second kappa shape index (κ2) is 7.44. The summed E-state index contributed by atoms with van der Waals surface area (Å²) in [7, 11) is 2.87. The Labute approximate surface area is 198 Å². The van der Waals surface area contributed by atoms with E-state index in [-0.39, 0.29) is 21.8 Å². The van der Waals surface area contributed by atoms with Crippen molar-refractivity contribution < 1.29 is 39.9 Å². The lowest BCUT2D eigenvalue weighted by Gasteiger charge is -2.53. The number of likely N-dealkylation sites (N-methyl/N-ethyl adjacent to an activating group) is 1. The molecule has 0 unspecified atom stereocenters. The van der Waals surface area contributed by atoms with E-state index in [0.717, 1.165) is 0 Å². The van der Waals surface area contributed by atoms with Crippen LogP contribution in [0.15, 0.2) is 23.0 Å². The van der Waals surface area contributed by atoms with Crippen LogP contribution in [-0.4, -0.2) is 79.7 Å². The van der Waals surface area contributed by atoms with E-state index in [1.165, 1.54) is 25.1 Å². The Bertz CT molecular complexity index is 1240. The van der Waals surface area contributed by atoms with Crippen LogP contribution in [0, 0.1) is 11.8 Å². The summed E-state index contributed by atoms with van der Waals surface area (Å²) in [6.45, 7) is 1.60. The molecule has 12 heteroatoms. The van der Waals surface area contributed by atoms with E-state index in [4.69, 9.17) is 23.1 Å². The van der Waals surface area contributed by atoms with E-state index >= 15 is 0 Å². The molecule has 182 valence electrons. The number of nitrogens with zero attached hydrogens (tertiary/aromatic N) is 1. The average molecular weight is 494 g/mol. The summed E-state index contributed by atoms with van der Waals surface area (Å²) in [5.74, 6) is -9.79. The maximum absolute atomic E-state index is 13.7. The van der Waals surface area contributed by atoms with Gasteiger partial charge in [0.25, 0.3) is 5.91 Å². The zero-order valence-electron chi connectivity index (χ0n) is 18.4. The first kappa shape index (κ1) is 24.0. The van der Waals surface area contributed by atoms with E-state index in [1.807, 2.05) is 0 Å². The Balaban J connectivity index is 2.08. The number of hydrogen-bond acceptors (Lipinski definition) is 10. The minimum absolute atomic E-state index is 0.0156. The highest BCUT2D eigenvalue weighted by Crippen LogP contribution is 2.57. The number of aliphatic hydroxyl groups is 4. The van der Waals surface area contributed by atoms with Crippen LogP contribution in [0.1, 0.15) is 24.0 Å². The number of halogens is 1. The largest absolute Gasteiger partial charge is 0.508 e. The SMILES string of the molecule is C[C@H]1c2cc(Cl)c(N)c(O)c2C(O)=C2C(=O)[C@]3(O)C(O)=C(C(N)=O)C(=O)[C@@H](N(C)C)[C@@H]3[C@@H](O)[C@@H]21. The molecule has 0 aromatic heterocycles. The molecule has 1 aromatic carbocycles. The van der Waals surface area contributed by atoms with E-state index in [2.05, 4.69) is 0 Å². The molecule has 1 saturated carbocycles. The number of ketones is 2. The molecule has 6 atom stereocenters. The molecule has 1 amide bonds. The van der Waals surface area contributed by atoms with Gasteiger partial charge >= 0.3 is 0 Å². The minimum Gasteiger partial charge on any atom is -0.508 e. The summed E-state index contributed by atoms with van der Waals surface area (Å²) in [4.78, 5) is 40.1. The molecule has 0 spiro atoms. The fourth-order valence-electron chi connectivity index (χ4n) is 5.66. The van der Waals surface area contributed by atoms with Crippen molar-refractivity contribution >= 4 is 40.5 Å². The molecular formula is C22H24ClN3O8. The Morgan fingerprint density at radius 2 is 1.79 bits per heavy atom. The van der Waals surface area contributed by atoms with Crippen LogP contribution in [0.5, 0.6) is 5.75 Å². The van der Waals surface area contributed by atoms with Gasteiger partial charge in [0, 0.05) is 11.5 Å². The first-order valence-corrected chi connectivity index (χ1v) is 10.7. The normalized spacial score (nSPS) is 33.1. The lowest BCUT2D eigenvalue weighted by Crippen LogP contribution is -2.70. The van der Waals surface area contributed by atoms with Gasteiger partial charge in [0.1, 0.15) is 17.1 Å². The number of fused-ring (bicyclic) bond motifs is 3. The van der Waals surface area contributed by atoms with Gasteiger partial charge in [-0.2, -0.15) is 0 Å². The molecular weight excluding hydrogens is 470 g/mol. The molecule has 0 heterocycles. The van der Waals surface area contributed by atoms with Crippen LogP contribution in [0.4, 0.5) is 5.69 Å². The third-order valence-electron chi connectivity index (χ3n) is 7.24. The van der Waals surface area contributed by atoms with E-state index in [9.17, 15) is 39.9 Å². The number of rotatable bonds is 2. The average Bonchev–Trinajstić information content (AvgIpc) is 2.74. The summed E-state index contributed by atoms with van der Waals surface area (Å²) in [6.07, 6.45) is -1.67. The Morgan fingerprint density at radius 1 is 1.21 bits per heavy atom. The maximum atomic E-state index is 13.7. The number of phenols is 1. The summed E-state index contributed by atoms with van der Waals surface area (Å²) in [5, 5.41) is 55.4. The highest BCUT2D eigenvalue weighted by atomic mass is 35.5. The zero-order chi connectivity index (χ0) is 25.6. The van der Waals surface area contributed by atoms with Crippen molar-refractivity contribution in [2.45, 2.75) is 30.6 Å². The smallest absolute Gasteiger partial charge is 0.255 e. The number of aromatic hydroxyl groups is 1. The predicted octanol–water partition coefficient (Wildman–Crippen LogP) is -0.269. The highest BCUT2D eigenvalue weighted by molar-refractivity contribution is 6.33. The topological polar surface area (TPSA) is 208 Å². The van der Waals surface area contributed by atoms with Gasteiger partial charge in [0.15, 0.2) is 17.1 Å². The minimum atomic E-state index is -2.96. The maximum Gasteiger partial charge on any atom is 0.255 e. The van der Waals surface area contributed by atoms with Crippen molar-refractivity contribution in [2.75, 3.05) is 19.8 Å². The van der Waals surface area contributed by atoms with Crippen molar-refractivity contribution in [3.8, 4) is 5.75 Å². The van der Waals surface area contributed by atoms with Crippen molar-refractivity contribution in [1.82, 2.24) is 4.90 Å². The fourth-order valence-corrected chi connectivity index (χ4v) is 5.87. The molecule has 9 N–H and O–H groups in total. The Hall–Kier alpha value is -3.12. The molecule has 0 saturated heterocycles. The molecule has 34 heavy (non-hydrogen) atoms. The predicted molar refractivity (Wildman–Crippen MR) is 120 cm³/mol. The molecule has 0 bridgehead atoms. The van der Waals surface area contributed by atoms with Crippen LogP contribution in [0.3, 0.4) is 0 Å². The number of phenolic OH excluding ortho intramolecular Hbond substituents is 1. The van der Waals surface area contributed by atoms with Gasteiger partial charge in [-0.3, -0.25) is 19.3 Å². The second-order valence-electron chi connectivity index (χ2n) is 9.13. The molecule has 0 aliphatic heterocycles. The van der Waals surface area contributed by atoms with Gasteiger partial charge in [-0.1, -0.05) is 18.5 Å². The molecule has 4 rings (SSSR count). The molecule has 3 aliphatic carbocycles. The number of benzene rings is 1. The van der Waals surface area contributed by atoms with E-state index in [0.29, 0.717) is 0 Å². The van der Waals surface area contributed by atoms with Crippen molar-refractivity contribution in [2.24, 2.45) is 17.6 Å². The Morgan fingerprint density at radius 3 is 2.32 bits per heavy atom. The Kier molecular flexibility index (Phi) is 5.26. The van der Waals surface area contributed by atoms with Crippen LogP contribution in [0.2, 0.25) is 5.02 Å². The van der Waals surface area contributed by atoms with Crippen LogP contribution < -0.4 is 11.5 Å². The van der Waals surface area contributed by atoms with Gasteiger partial charge in [-0.25, -0.2) is 0 Å². The number of carbonyl (C=O) groups excluding carboxylic acids is 3. The quantitative estimate of drug-likeness (QED) is 0.163. The second-order valence-corrected chi connectivity index (χ2v) is 9.54. The molecule has 3 aliphatic rings. The first-order valence-electron chi connectivity index (χ1n) is 10.3. The van der Waals surface area contributed by atoms with E-state index in [1.54, 1.807) is 6.92 Å². The molecule has 11 nitrogen and oxygen atoms in total. The summed E-state index contributed by atoms with van der Waals surface area (Å²) in [5.41, 5.74) is 6.42. The first-order chi connectivity index (χ1) is 15.7. The molecule has 1 fully saturated rings.